The maximum Gasteiger partial charge on any atom is 0.253 e. The van der Waals surface area contributed by atoms with Gasteiger partial charge in [0.1, 0.15) is 0 Å². The number of amides is 1. The van der Waals surface area contributed by atoms with Crippen molar-refractivity contribution in [2.45, 2.75) is 38.1 Å². The zero-order valence-electron chi connectivity index (χ0n) is 9.68. The topological polar surface area (TPSA) is 70.9 Å². The first-order valence-corrected chi connectivity index (χ1v) is 5.83. The fourth-order valence-corrected chi connectivity index (χ4v) is 2.44. The van der Waals surface area contributed by atoms with E-state index in [1.807, 2.05) is 13.0 Å². The summed E-state index contributed by atoms with van der Waals surface area (Å²) in [5, 5.41) is 3.10. The number of carbonyl (C=O) groups excluding carboxylic acids is 1. The summed E-state index contributed by atoms with van der Waals surface area (Å²) >= 11 is 0. The van der Waals surface area contributed by atoms with Crippen molar-refractivity contribution in [2.75, 3.05) is 6.54 Å². The number of aromatic amines is 1. The summed E-state index contributed by atoms with van der Waals surface area (Å²) in [5.41, 5.74) is 7.25. The Kier molecular flexibility index (Phi) is 3.01. The smallest absolute Gasteiger partial charge is 0.253 e. The summed E-state index contributed by atoms with van der Waals surface area (Å²) < 4.78 is 0. The SMILES string of the molecule is Cc1[nH]ccc1C(=O)NC1(CN)CCCC1. The van der Waals surface area contributed by atoms with E-state index in [4.69, 9.17) is 5.73 Å². The molecule has 0 unspecified atom stereocenters. The third-order valence-corrected chi connectivity index (χ3v) is 3.53. The predicted molar refractivity (Wildman–Crippen MR) is 63.2 cm³/mol. The highest BCUT2D eigenvalue weighted by Crippen LogP contribution is 2.29. The summed E-state index contributed by atoms with van der Waals surface area (Å²) in [6, 6.07) is 1.81. The van der Waals surface area contributed by atoms with Crippen molar-refractivity contribution in [1.29, 1.82) is 0 Å². The lowest BCUT2D eigenvalue weighted by molar-refractivity contribution is 0.0902. The highest BCUT2D eigenvalue weighted by molar-refractivity contribution is 5.95. The summed E-state index contributed by atoms with van der Waals surface area (Å²) in [6.07, 6.45) is 6.10. The Morgan fingerprint density at radius 1 is 1.56 bits per heavy atom. The van der Waals surface area contributed by atoms with Crippen LogP contribution in [-0.4, -0.2) is 23.0 Å². The van der Waals surface area contributed by atoms with Gasteiger partial charge in [-0.2, -0.15) is 0 Å². The number of nitrogens with one attached hydrogen (secondary N) is 2. The molecule has 2 rings (SSSR count). The van der Waals surface area contributed by atoms with Gasteiger partial charge in [-0.15, -0.1) is 0 Å². The van der Waals surface area contributed by atoms with E-state index in [2.05, 4.69) is 10.3 Å². The first-order chi connectivity index (χ1) is 7.67. The van der Waals surface area contributed by atoms with E-state index in [1.54, 1.807) is 6.20 Å². The molecule has 1 aliphatic rings. The molecule has 0 bridgehead atoms. The fraction of sp³-hybridized carbons (Fsp3) is 0.583. The van der Waals surface area contributed by atoms with Gasteiger partial charge in [0.25, 0.3) is 5.91 Å². The van der Waals surface area contributed by atoms with Crippen molar-refractivity contribution in [3.8, 4) is 0 Å². The van der Waals surface area contributed by atoms with Crippen LogP contribution in [0, 0.1) is 6.92 Å². The van der Waals surface area contributed by atoms with Gasteiger partial charge in [0.05, 0.1) is 11.1 Å². The molecule has 0 saturated heterocycles. The minimum Gasteiger partial charge on any atom is -0.365 e. The van der Waals surface area contributed by atoms with Crippen molar-refractivity contribution in [1.82, 2.24) is 10.3 Å². The van der Waals surface area contributed by atoms with Crippen molar-refractivity contribution in [3.63, 3.8) is 0 Å². The molecule has 1 aliphatic carbocycles. The van der Waals surface area contributed by atoms with E-state index < -0.39 is 0 Å². The molecule has 1 fully saturated rings. The monoisotopic (exact) mass is 221 g/mol. The van der Waals surface area contributed by atoms with Crippen molar-refractivity contribution in [3.05, 3.63) is 23.5 Å². The molecule has 1 amide bonds. The maximum absolute atomic E-state index is 12.1. The van der Waals surface area contributed by atoms with E-state index >= 15 is 0 Å². The minimum absolute atomic E-state index is 0.00824. The number of nitrogens with two attached hydrogens (primary N) is 1. The maximum atomic E-state index is 12.1. The number of hydrogen-bond acceptors (Lipinski definition) is 2. The first-order valence-electron chi connectivity index (χ1n) is 5.83. The van der Waals surface area contributed by atoms with E-state index in [1.165, 1.54) is 0 Å². The third-order valence-electron chi connectivity index (χ3n) is 3.53. The lowest BCUT2D eigenvalue weighted by Crippen LogP contribution is -2.51. The molecule has 4 heteroatoms. The molecular formula is C12H19N3O. The molecular weight excluding hydrogens is 202 g/mol. The number of aryl methyl sites for hydroxylation is 1. The van der Waals surface area contributed by atoms with Gasteiger partial charge >= 0.3 is 0 Å². The number of carbonyl (C=O) groups is 1. The van der Waals surface area contributed by atoms with Gasteiger partial charge in [0, 0.05) is 18.4 Å². The van der Waals surface area contributed by atoms with Crippen LogP contribution in [0.5, 0.6) is 0 Å². The van der Waals surface area contributed by atoms with Crippen LogP contribution in [0.2, 0.25) is 0 Å². The Morgan fingerprint density at radius 2 is 2.25 bits per heavy atom. The second kappa shape index (κ2) is 4.29. The standard InChI is InChI=1S/C12H19N3O/c1-9-10(4-7-14-9)11(16)15-12(8-13)5-2-3-6-12/h4,7,14H,2-3,5-6,8,13H2,1H3,(H,15,16). The van der Waals surface area contributed by atoms with Gasteiger partial charge in [0.2, 0.25) is 0 Å². The molecule has 1 heterocycles. The summed E-state index contributed by atoms with van der Waals surface area (Å²) in [7, 11) is 0. The number of H-pyrrole nitrogens is 1. The number of rotatable bonds is 3. The van der Waals surface area contributed by atoms with Crippen LogP contribution < -0.4 is 11.1 Å². The molecule has 88 valence electrons. The van der Waals surface area contributed by atoms with E-state index in [9.17, 15) is 4.79 Å². The molecule has 1 saturated carbocycles. The molecule has 16 heavy (non-hydrogen) atoms. The lowest BCUT2D eigenvalue weighted by Gasteiger charge is -2.28. The third kappa shape index (κ3) is 1.97. The molecule has 0 radical (unpaired) electrons. The van der Waals surface area contributed by atoms with Crippen LogP contribution in [0.4, 0.5) is 0 Å². The van der Waals surface area contributed by atoms with Crippen LogP contribution in [0.1, 0.15) is 41.7 Å². The Hall–Kier alpha value is -1.29. The normalized spacial score (nSPS) is 18.6. The molecule has 1 aromatic rings. The van der Waals surface area contributed by atoms with Gasteiger partial charge in [-0.05, 0) is 25.8 Å². The van der Waals surface area contributed by atoms with Gasteiger partial charge < -0.3 is 16.0 Å². The average Bonchev–Trinajstić information content (AvgIpc) is 2.87. The summed E-state index contributed by atoms with van der Waals surface area (Å²) in [6.45, 7) is 2.43. The number of hydrogen-bond donors (Lipinski definition) is 3. The van der Waals surface area contributed by atoms with E-state index in [0.29, 0.717) is 6.54 Å². The predicted octanol–water partition coefficient (Wildman–Crippen LogP) is 1.32. The quantitative estimate of drug-likeness (QED) is 0.720. The van der Waals surface area contributed by atoms with Crippen LogP contribution in [0.15, 0.2) is 12.3 Å². The Bertz CT molecular complexity index is 377. The second-order valence-corrected chi connectivity index (χ2v) is 4.66. The van der Waals surface area contributed by atoms with Gasteiger partial charge in [0.15, 0.2) is 0 Å². The van der Waals surface area contributed by atoms with E-state index in [-0.39, 0.29) is 11.4 Å². The van der Waals surface area contributed by atoms with Gasteiger partial charge in [-0.1, -0.05) is 12.8 Å². The molecule has 0 atom stereocenters. The Labute approximate surface area is 95.6 Å². The van der Waals surface area contributed by atoms with Crippen molar-refractivity contribution in [2.24, 2.45) is 5.73 Å². The zero-order chi connectivity index (χ0) is 11.6. The highest BCUT2D eigenvalue weighted by atomic mass is 16.1. The van der Waals surface area contributed by atoms with Crippen molar-refractivity contribution < 1.29 is 4.79 Å². The summed E-state index contributed by atoms with van der Waals surface area (Å²) in [4.78, 5) is 15.1. The van der Waals surface area contributed by atoms with Crippen LogP contribution >= 0.6 is 0 Å². The molecule has 0 spiro atoms. The Morgan fingerprint density at radius 3 is 2.75 bits per heavy atom. The highest BCUT2D eigenvalue weighted by Gasteiger charge is 2.34. The van der Waals surface area contributed by atoms with Crippen LogP contribution in [0.3, 0.4) is 0 Å². The van der Waals surface area contributed by atoms with Gasteiger partial charge in [-0.25, -0.2) is 0 Å². The van der Waals surface area contributed by atoms with Crippen LogP contribution in [0.25, 0.3) is 0 Å². The lowest BCUT2D eigenvalue weighted by atomic mass is 9.97. The minimum atomic E-state index is -0.166. The largest absolute Gasteiger partial charge is 0.365 e. The zero-order valence-corrected chi connectivity index (χ0v) is 9.68. The molecule has 4 N–H and O–H groups in total. The fourth-order valence-electron chi connectivity index (χ4n) is 2.44. The van der Waals surface area contributed by atoms with Crippen LogP contribution in [-0.2, 0) is 0 Å². The first kappa shape index (κ1) is 11.2. The van der Waals surface area contributed by atoms with Crippen molar-refractivity contribution >= 4 is 5.91 Å². The van der Waals surface area contributed by atoms with Gasteiger partial charge in [-0.3, -0.25) is 4.79 Å². The molecule has 4 nitrogen and oxygen atoms in total. The summed E-state index contributed by atoms with van der Waals surface area (Å²) in [5.74, 6) is -0.00824. The molecule has 0 aliphatic heterocycles. The Balaban J connectivity index is 2.09. The second-order valence-electron chi connectivity index (χ2n) is 4.66. The number of aromatic nitrogens is 1. The van der Waals surface area contributed by atoms with E-state index in [0.717, 1.165) is 36.9 Å². The average molecular weight is 221 g/mol. The molecule has 0 aromatic carbocycles. The molecule has 1 aromatic heterocycles.